The normalized spacial score (nSPS) is 11.1. The zero-order valence-electron chi connectivity index (χ0n) is 19.5. The maximum absolute atomic E-state index is 4.85. The van der Waals surface area contributed by atoms with Crippen molar-refractivity contribution in [1.29, 1.82) is 0 Å². The number of anilines is 1. The van der Waals surface area contributed by atoms with E-state index in [-0.39, 0.29) is 0 Å². The van der Waals surface area contributed by atoms with E-state index >= 15 is 0 Å². The zero-order chi connectivity index (χ0) is 23.3. The molecule has 0 spiro atoms. The predicted molar refractivity (Wildman–Crippen MR) is 145 cm³/mol. The minimum atomic E-state index is 0.929. The van der Waals surface area contributed by atoms with Crippen molar-refractivity contribution in [2.75, 3.05) is 19.0 Å². The highest BCUT2D eigenvalue weighted by Crippen LogP contribution is 2.35. The Morgan fingerprint density at radius 1 is 0.647 bits per heavy atom. The average molecular weight is 442 g/mol. The van der Waals surface area contributed by atoms with Gasteiger partial charge in [-0.05, 0) is 53.6 Å². The molecule has 0 unspecified atom stereocenters. The summed E-state index contributed by atoms with van der Waals surface area (Å²) in [4.78, 5) is 6.94. The third kappa shape index (κ3) is 4.41. The first-order valence-corrected chi connectivity index (χ1v) is 11.4. The van der Waals surface area contributed by atoms with Gasteiger partial charge in [0.15, 0.2) is 0 Å². The molecule has 0 aliphatic rings. The van der Waals surface area contributed by atoms with Gasteiger partial charge in [-0.1, -0.05) is 78.9 Å². The molecule has 0 bridgehead atoms. The quantitative estimate of drug-likeness (QED) is 0.248. The molecule has 166 valence electrons. The summed E-state index contributed by atoms with van der Waals surface area (Å²) in [5.74, 6) is 0. The van der Waals surface area contributed by atoms with E-state index in [2.05, 4.69) is 131 Å². The van der Waals surface area contributed by atoms with Crippen LogP contribution in [0.3, 0.4) is 0 Å². The summed E-state index contributed by atoms with van der Waals surface area (Å²) in [5, 5.41) is 0. The monoisotopic (exact) mass is 441 g/mol. The molecule has 3 nitrogen and oxygen atoms in total. The van der Waals surface area contributed by atoms with E-state index in [0.717, 1.165) is 39.6 Å². The van der Waals surface area contributed by atoms with Gasteiger partial charge < -0.3 is 9.47 Å². The Labute approximate surface area is 201 Å². The summed E-state index contributed by atoms with van der Waals surface area (Å²) in [6.07, 6.45) is 1.98. The molecular formula is C31H27N3. The van der Waals surface area contributed by atoms with Crippen LogP contribution in [-0.4, -0.2) is 24.9 Å². The van der Waals surface area contributed by atoms with Crippen molar-refractivity contribution in [1.82, 2.24) is 4.57 Å². The smallest absolute Gasteiger partial charge is 0.0631 e. The van der Waals surface area contributed by atoms with Gasteiger partial charge in [-0.2, -0.15) is 0 Å². The molecule has 0 fully saturated rings. The van der Waals surface area contributed by atoms with Crippen LogP contribution >= 0.6 is 0 Å². The number of aliphatic imine (C=N–C) groups is 1. The minimum absolute atomic E-state index is 0.929. The van der Waals surface area contributed by atoms with E-state index in [4.69, 9.17) is 4.99 Å². The molecule has 0 atom stereocenters. The van der Waals surface area contributed by atoms with E-state index < -0.39 is 0 Å². The molecule has 0 saturated heterocycles. The predicted octanol–water partition coefficient (Wildman–Crippen LogP) is 7.63. The van der Waals surface area contributed by atoms with Crippen LogP contribution < -0.4 is 4.90 Å². The van der Waals surface area contributed by atoms with E-state index in [1.807, 2.05) is 20.3 Å². The van der Waals surface area contributed by atoms with Crippen molar-refractivity contribution >= 4 is 17.6 Å². The van der Waals surface area contributed by atoms with Crippen molar-refractivity contribution in [3.8, 4) is 28.2 Å². The summed E-state index contributed by atoms with van der Waals surface area (Å²) in [7, 11) is 4.09. The third-order valence-electron chi connectivity index (χ3n) is 5.88. The molecule has 0 N–H and O–H groups in total. The van der Waals surface area contributed by atoms with Gasteiger partial charge in [0.25, 0.3) is 0 Å². The first-order chi connectivity index (χ1) is 16.7. The number of rotatable bonds is 6. The fraction of sp³-hybridized carbons (Fsp3) is 0.0645. The van der Waals surface area contributed by atoms with Crippen LogP contribution in [0.5, 0.6) is 0 Å². The second kappa shape index (κ2) is 9.63. The van der Waals surface area contributed by atoms with Gasteiger partial charge in [0, 0.05) is 37.2 Å². The number of nitrogens with zero attached hydrogens (tertiary/aromatic N) is 3. The van der Waals surface area contributed by atoms with Crippen molar-refractivity contribution in [2.24, 2.45) is 4.99 Å². The van der Waals surface area contributed by atoms with Crippen molar-refractivity contribution < 1.29 is 0 Å². The fourth-order valence-corrected chi connectivity index (χ4v) is 4.17. The molecule has 3 heteroatoms. The summed E-state index contributed by atoms with van der Waals surface area (Å²) in [6, 6.07) is 42.1. The van der Waals surface area contributed by atoms with Gasteiger partial charge in [-0.25, -0.2) is 0 Å². The summed E-state index contributed by atoms with van der Waals surface area (Å²) >= 11 is 0. The zero-order valence-corrected chi connectivity index (χ0v) is 19.5. The summed E-state index contributed by atoms with van der Waals surface area (Å²) in [5.41, 5.74) is 8.86. The van der Waals surface area contributed by atoms with Crippen molar-refractivity contribution in [2.45, 2.75) is 0 Å². The van der Waals surface area contributed by atoms with Gasteiger partial charge in [0.2, 0.25) is 0 Å². The Kier molecular flexibility index (Phi) is 6.09. The Bertz CT molecular complexity index is 1380. The van der Waals surface area contributed by atoms with Crippen LogP contribution in [0, 0.1) is 0 Å². The molecule has 1 aromatic heterocycles. The second-order valence-electron chi connectivity index (χ2n) is 8.41. The topological polar surface area (TPSA) is 20.5 Å². The Hall–Kier alpha value is -4.37. The number of aromatic nitrogens is 1. The van der Waals surface area contributed by atoms with Gasteiger partial charge in [-0.15, -0.1) is 0 Å². The Balaban J connectivity index is 1.70. The number of para-hydroxylation sites is 1. The van der Waals surface area contributed by atoms with Gasteiger partial charge in [0.05, 0.1) is 17.1 Å². The lowest BCUT2D eigenvalue weighted by Gasteiger charge is -2.15. The molecule has 0 aliphatic carbocycles. The second-order valence-corrected chi connectivity index (χ2v) is 8.41. The summed E-state index contributed by atoms with van der Waals surface area (Å²) in [6.45, 7) is 0. The molecule has 0 radical (unpaired) electrons. The van der Waals surface area contributed by atoms with Gasteiger partial charge in [0.1, 0.15) is 0 Å². The highest BCUT2D eigenvalue weighted by atomic mass is 15.1. The molecule has 4 aromatic carbocycles. The van der Waals surface area contributed by atoms with E-state index in [9.17, 15) is 0 Å². The van der Waals surface area contributed by atoms with Crippen LogP contribution in [0.2, 0.25) is 0 Å². The number of benzene rings is 4. The van der Waals surface area contributed by atoms with E-state index in [1.54, 1.807) is 0 Å². The van der Waals surface area contributed by atoms with Crippen LogP contribution in [0.4, 0.5) is 11.4 Å². The fourth-order valence-electron chi connectivity index (χ4n) is 4.17. The Morgan fingerprint density at radius 2 is 1.21 bits per heavy atom. The lowest BCUT2D eigenvalue weighted by atomic mass is 10.1. The average Bonchev–Trinajstić information content (AvgIpc) is 3.29. The van der Waals surface area contributed by atoms with Crippen molar-refractivity contribution in [3.63, 3.8) is 0 Å². The van der Waals surface area contributed by atoms with E-state index in [0.29, 0.717) is 0 Å². The minimum Gasteiger partial charge on any atom is -0.378 e. The first kappa shape index (κ1) is 21.5. The van der Waals surface area contributed by atoms with E-state index in [1.165, 1.54) is 5.56 Å². The molecule has 0 amide bonds. The third-order valence-corrected chi connectivity index (χ3v) is 5.88. The van der Waals surface area contributed by atoms with Crippen molar-refractivity contribution in [3.05, 3.63) is 127 Å². The SMILES string of the molecule is CN(C)c1ccc(N=Cc2cc(-c3ccccc3)n(-c3ccccc3)c2-c2ccccc2)cc1. The highest BCUT2D eigenvalue weighted by molar-refractivity contribution is 5.94. The largest absolute Gasteiger partial charge is 0.378 e. The lowest BCUT2D eigenvalue weighted by molar-refractivity contribution is 1.09. The molecular weight excluding hydrogens is 414 g/mol. The van der Waals surface area contributed by atoms with Crippen LogP contribution in [0.1, 0.15) is 5.56 Å². The molecule has 0 aliphatic heterocycles. The standard InChI is InChI=1S/C31H27N3/c1-33(2)28-20-18-27(19-21-28)32-23-26-22-30(24-12-6-3-7-13-24)34(29-16-10-5-11-17-29)31(26)25-14-8-4-9-15-25/h3-23H,1-2H3. The Morgan fingerprint density at radius 3 is 1.79 bits per heavy atom. The lowest BCUT2D eigenvalue weighted by Crippen LogP contribution is -2.07. The molecule has 5 rings (SSSR count). The highest BCUT2D eigenvalue weighted by Gasteiger charge is 2.18. The van der Waals surface area contributed by atoms with Gasteiger partial charge >= 0.3 is 0 Å². The maximum atomic E-state index is 4.85. The molecule has 1 heterocycles. The van der Waals surface area contributed by atoms with Gasteiger partial charge in [-0.3, -0.25) is 4.99 Å². The molecule has 34 heavy (non-hydrogen) atoms. The van der Waals surface area contributed by atoms with Crippen LogP contribution in [0.15, 0.2) is 126 Å². The molecule has 0 saturated carbocycles. The van der Waals surface area contributed by atoms with Crippen LogP contribution in [-0.2, 0) is 0 Å². The van der Waals surface area contributed by atoms with Crippen LogP contribution in [0.25, 0.3) is 28.2 Å². The molecule has 5 aromatic rings. The number of hydrogen-bond acceptors (Lipinski definition) is 2. The number of hydrogen-bond donors (Lipinski definition) is 0. The summed E-state index contributed by atoms with van der Waals surface area (Å²) < 4.78 is 2.33. The maximum Gasteiger partial charge on any atom is 0.0631 e. The first-order valence-electron chi connectivity index (χ1n) is 11.4.